The highest BCUT2D eigenvalue weighted by Crippen LogP contribution is 2.15. The molecule has 0 amide bonds. The minimum absolute atomic E-state index is 0.173. The highest BCUT2D eigenvalue weighted by molar-refractivity contribution is 5.69. The van der Waals surface area contributed by atoms with Crippen LogP contribution >= 0.6 is 0 Å². The first-order chi connectivity index (χ1) is 26.7. The molecule has 54 heavy (non-hydrogen) atoms. The van der Waals surface area contributed by atoms with Gasteiger partial charge >= 0.3 is 5.97 Å². The molecule has 0 rings (SSSR count). The third-order valence-corrected chi connectivity index (χ3v) is 10.1. The molecule has 0 aromatic heterocycles. The molecule has 0 aromatic rings. The molecule has 0 aliphatic heterocycles. The van der Waals surface area contributed by atoms with Crippen molar-refractivity contribution in [3.8, 4) is 0 Å². The molecule has 4 nitrogen and oxygen atoms in total. The molecule has 0 aliphatic rings. The van der Waals surface area contributed by atoms with Crippen LogP contribution in [0.4, 0.5) is 0 Å². The number of allylic oxidation sites excluding steroid dienone is 10. The second-order valence-electron chi connectivity index (χ2n) is 15.5. The predicted molar refractivity (Wildman–Crippen MR) is 237 cm³/mol. The fourth-order valence-corrected chi connectivity index (χ4v) is 6.65. The number of aliphatic hydroxyl groups is 1. The number of hydrogen-bond acceptors (Lipinski definition) is 4. The third-order valence-electron chi connectivity index (χ3n) is 10.1. The number of hydrogen-bond donors (Lipinski definition) is 1. The van der Waals surface area contributed by atoms with Gasteiger partial charge in [0.15, 0.2) is 0 Å². The summed E-state index contributed by atoms with van der Waals surface area (Å²) >= 11 is 0. The van der Waals surface area contributed by atoms with Gasteiger partial charge in [0.1, 0.15) is 6.10 Å². The van der Waals surface area contributed by atoms with Gasteiger partial charge in [0.25, 0.3) is 0 Å². The Balaban J connectivity index is 3.43. The Morgan fingerprint density at radius 2 is 0.833 bits per heavy atom. The molecule has 314 valence electrons. The largest absolute Gasteiger partial charge is 0.457 e. The van der Waals surface area contributed by atoms with Gasteiger partial charge in [-0.3, -0.25) is 4.79 Å². The second kappa shape index (κ2) is 47.2. The summed E-state index contributed by atoms with van der Waals surface area (Å²) < 4.78 is 11.2. The topological polar surface area (TPSA) is 55.8 Å². The van der Waals surface area contributed by atoms with Gasteiger partial charge in [-0.05, 0) is 57.8 Å². The Kier molecular flexibility index (Phi) is 45.6. The number of aliphatic hydroxyl groups excluding tert-OH is 1. The summed E-state index contributed by atoms with van der Waals surface area (Å²) in [5, 5.41) is 9.62. The molecule has 0 radical (unpaired) electrons. The van der Waals surface area contributed by atoms with Crippen molar-refractivity contribution in [1.82, 2.24) is 0 Å². The molecule has 0 fully saturated rings. The third kappa shape index (κ3) is 44.5. The van der Waals surface area contributed by atoms with Crippen molar-refractivity contribution in [3.63, 3.8) is 0 Å². The van der Waals surface area contributed by atoms with Gasteiger partial charge in [0, 0.05) is 13.0 Å². The zero-order chi connectivity index (χ0) is 39.1. The Labute approximate surface area is 336 Å². The van der Waals surface area contributed by atoms with E-state index in [-0.39, 0.29) is 12.6 Å². The minimum Gasteiger partial charge on any atom is -0.457 e. The number of rotatable bonds is 43. The van der Waals surface area contributed by atoms with Crippen LogP contribution in [0, 0.1) is 0 Å². The first-order valence-electron chi connectivity index (χ1n) is 23.4. The summed E-state index contributed by atoms with van der Waals surface area (Å²) in [6.45, 7) is 5.24. The van der Waals surface area contributed by atoms with Crippen molar-refractivity contribution in [2.75, 3.05) is 19.8 Å². The highest BCUT2D eigenvalue weighted by atomic mass is 16.6. The van der Waals surface area contributed by atoms with E-state index in [4.69, 9.17) is 9.47 Å². The van der Waals surface area contributed by atoms with Crippen LogP contribution in [0.3, 0.4) is 0 Å². The molecule has 0 heterocycles. The molecule has 1 unspecified atom stereocenters. The Morgan fingerprint density at radius 1 is 0.463 bits per heavy atom. The zero-order valence-electron chi connectivity index (χ0n) is 36.0. The summed E-state index contributed by atoms with van der Waals surface area (Å²) in [5.74, 6) is -0.201. The number of carbonyl (C=O) groups excluding carboxylic acids is 1. The predicted octanol–water partition coefficient (Wildman–Crippen LogP) is 15.6. The van der Waals surface area contributed by atoms with Crippen LogP contribution < -0.4 is 0 Å². The Bertz CT molecular complexity index is 885. The SMILES string of the molecule is CC/C=C\C/C=C\C/C=C\C/C=C\C/C=C\CCCCCCCCCCCCOCC(CO)OC(=O)CCCCCCCCCCCCCCCCCC. The number of unbranched alkanes of at least 4 members (excludes halogenated alkanes) is 25. The molecular weight excluding hydrogens is 665 g/mol. The zero-order valence-corrected chi connectivity index (χ0v) is 36.0. The van der Waals surface area contributed by atoms with Crippen molar-refractivity contribution in [1.29, 1.82) is 0 Å². The van der Waals surface area contributed by atoms with E-state index in [1.165, 1.54) is 154 Å². The molecule has 0 spiro atoms. The van der Waals surface area contributed by atoms with Gasteiger partial charge in [-0.2, -0.15) is 0 Å². The van der Waals surface area contributed by atoms with Crippen LogP contribution in [-0.4, -0.2) is 37.0 Å². The average Bonchev–Trinajstić information content (AvgIpc) is 3.18. The monoisotopic (exact) mass is 755 g/mol. The molecule has 4 heteroatoms. The molecule has 0 aliphatic carbocycles. The number of carbonyl (C=O) groups is 1. The smallest absolute Gasteiger partial charge is 0.306 e. The van der Waals surface area contributed by atoms with E-state index < -0.39 is 6.10 Å². The van der Waals surface area contributed by atoms with Gasteiger partial charge in [-0.15, -0.1) is 0 Å². The van der Waals surface area contributed by atoms with Crippen LogP contribution in [0.5, 0.6) is 0 Å². The van der Waals surface area contributed by atoms with E-state index in [1.54, 1.807) is 0 Å². The van der Waals surface area contributed by atoms with E-state index in [0.717, 1.165) is 51.4 Å². The number of esters is 1. The van der Waals surface area contributed by atoms with Gasteiger partial charge in [0.2, 0.25) is 0 Å². The van der Waals surface area contributed by atoms with Crippen LogP contribution in [0.15, 0.2) is 60.8 Å². The lowest BCUT2D eigenvalue weighted by atomic mass is 10.0. The Hall–Kier alpha value is -1.91. The highest BCUT2D eigenvalue weighted by Gasteiger charge is 2.13. The molecule has 0 saturated carbocycles. The van der Waals surface area contributed by atoms with Gasteiger partial charge in [0.05, 0.1) is 13.2 Å². The summed E-state index contributed by atoms with van der Waals surface area (Å²) in [6, 6.07) is 0. The quantitative estimate of drug-likeness (QED) is 0.0383. The van der Waals surface area contributed by atoms with Crippen molar-refractivity contribution >= 4 is 5.97 Å². The lowest BCUT2D eigenvalue weighted by Gasteiger charge is -2.16. The van der Waals surface area contributed by atoms with E-state index >= 15 is 0 Å². The number of ether oxygens (including phenoxy) is 2. The Morgan fingerprint density at radius 3 is 1.26 bits per heavy atom. The van der Waals surface area contributed by atoms with Crippen molar-refractivity contribution < 1.29 is 19.4 Å². The fourth-order valence-electron chi connectivity index (χ4n) is 6.65. The standard InChI is InChI=1S/C50H90O4/c1-3-5-7-9-11-13-15-17-19-21-22-23-24-25-26-27-28-29-30-32-34-36-38-40-42-44-46-53-48-49(47-51)54-50(52)45-43-41-39-37-35-33-31-20-18-16-14-12-10-8-6-4-2/h5,7,11,13,17,19,22-23,25-26,49,51H,3-4,6,8-10,12,14-16,18,20-21,24,27-48H2,1-2H3/b7-5-,13-11-,19-17-,23-22-,26-25-. The molecule has 0 aromatic carbocycles. The molecule has 1 N–H and O–H groups in total. The maximum atomic E-state index is 12.2. The minimum atomic E-state index is -0.536. The summed E-state index contributed by atoms with van der Waals surface area (Å²) in [4.78, 5) is 12.2. The van der Waals surface area contributed by atoms with Crippen molar-refractivity contribution in [2.45, 2.75) is 232 Å². The van der Waals surface area contributed by atoms with Crippen molar-refractivity contribution in [3.05, 3.63) is 60.8 Å². The summed E-state index contributed by atoms with van der Waals surface area (Å²) in [6.07, 6.45) is 62.9. The van der Waals surface area contributed by atoms with Gasteiger partial charge in [-0.25, -0.2) is 0 Å². The maximum Gasteiger partial charge on any atom is 0.306 e. The average molecular weight is 755 g/mol. The van der Waals surface area contributed by atoms with E-state index in [1.807, 2.05) is 0 Å². The van der Waals surface area contributed by atoms with E-state index in [0.29, 0.717) is 19.6 Å². The van der Waals surface area contributed by atoms with Gasteiger partial charge in [-0.1, -0.05) is 222 Å². The first-order valence-corrected chi connectivity index (χ1v) is 23.4. The van der Waals surface area contributed by atoms with Crippen LogP contribution in [0.25, 0.3) is 0 Å². The van der Waals surface area contributed by atoms with E-state index in [9.17, 15) is 9.90 Å². The summed E-state index contributed by atoms with van der Waals surface area (Å²) in [7, 11) is 0. The second-order valence-corrected chi connectivity index (χ2v) is 15.5. The van der Waals surface area contributed by atoms with Crippen LogP contribution in [0.1, 0.15) is 226 Å². The fraction of sp³-hybridized carbons (Fsp3) is 0.780. The molecule has 1 atom stereocenters. The molecule has 0 bridgehead atoms. The maximum absolute atomic E-state index is 12.2. The molecular formula is C50H90O4. The van der Waals surface area contributed by atoms with Gasteiger partial charge < -0.3 is 14.6 Å². The van der Waals surface area contributed by atoms with E-state index in [2.05, 4.69) is 74.6 Å². The normalized spacial score (nSPS) is 12.9. The van der Waals surface area contributed by atoms with Crippen LogP contribution in [-0.2, 0) is 14.3 Å². The van der Waals surface area contributed by atoms with Crippen molar-refractivity contribution in [2.24, 2.45) is 0 Å². The lowest BCUT2D eigenvalue weighted by Crippen LogP contribution is -2.27. The first kappa shape index (κ1) is 52.1. The lowest BCUT2D eigenvalue weighted by molar-refractivity contribution is -0.154. The molecule has 0 saturated heterocycles. The summed E-state index contributed by atoms with van der Waals surface area (Å²) in [5.41, 5.74) is 0. The van der Waals surface area contributed by atoms with Crippen LogP contribution in [0.2, 0.25) is 0 Å².